The highest BCUT2D eigenvalue weighted by Gasteiger charge is 2.58. The van der Waals surface area contributed by atoms with Gasteiger partial charge in [-0.2, -0.15) is 0 Å². The first-order valence-corrected chi connectivity index (χ1v) is 17.0. The lowest BCUT2D eigenvalue weighted by atomic mass is 9.71. The van der Waals surface area contributed by atoms with Gasteiger partial charge in [0, 0.05) is 53.1 Å². The van der Waals surface area contributed by atoms with Crippen molar-refractivity contribution in [3.05, 3.63) is 181 Å². The number of nitrogens with zero attached hydrogens (tertiary/aromatic N) is 6. The molecule has 49 heavy (non-hydrogen) atoms. The average molecular weight is 635 g/mol. The van der Waals surface area contributed by atoms with E-state index in [2.05, 4.69) is 165 Å². The molecule has 0 saturated carbocycles. The fourth-order valence-electron chi connectivity index (χ4n) is 8.72. The number of benzene rings is 5. The minimum atomic E-state index is -0.125. The maximum atomic E-state index is 5.04. The number of para-hydroxylation sites is 4. The Labute approximate surface area is 286 Å². The zero-order valence-electron chi connectivity index (χ0n) is 26.9. The molecule has 4 aliphatic heterocycles. The molecule has 0 amide bonds. The summed E-state index contributed by atoms with van der Waals surface area (Å²) in [4.78, 5) is 20.1. The highest BCUT2D eigenvalue weighted by molar-refractivity contribution is 5.92. The number of fused-ring (bicyclic) bond motifs is 12. The van der Waals surface area contributed by atoms with Crippen molar-refractivity contribution in [1.82, 2.24) is 9.97 Å². The third-order valence-corrected chi connectivity index (χ3v) is 10.6. The van der Waals surface area contributed by atoms with Gasteiger partial charge in [-0.05, 0) is 59.5 Å². The molecule has 10 rings (SSSR count). The molecule has 1 aromatic heterocycles. The number of hydrogen-bond donors (Lipinski definition) is 0. The van der Waals surface area contributed by atoms with E-state index < -0.39 is 0 Å². The highest BCUT2D eigenvalue weighted by Crippen LogP contribution is 2.60. The fourth-order valence-corrected chi connectivity index (χ4v) is 8.72. The zero-order valence-corrected chi connectivity index (χ0v) is 26.9. The van der Waals surface area contributed by atoms with E-state index in [1.807, 2.05) is 12.4 Å². The Kier molecular flexibility index (Phi) is 6.24. The molecule has 4 atom stereocenters. The average Bonchev–Trinajstić information content (AvgIpc) is 3.72. The van der Waals surface area contributed by atoms with Crippen LogP contribution in [0.3, 0.4) is 0 Å². The van der Waals surface area contributed by atoms with Crippen molar-refractivity contribution < 1.29 is 0 Å². The predicted molar refractivity (Wildman–Crippen MR) is 199 cm³/mol. The van der Waals surface area contributed by atoms with Gasteiger partial charge in [-0.1, -0.05) is 110 Å². The van der Waals surface area contributed by atoms with Crippen LogP contribution in [0.4, 0.5) is 34.4 Å². The first kappa shape index (κ1) is 27.9. The number of rotatable bonds is 3. The summed E-state index contributed by atoms with van der Waals surface area (Å²) in [6, 6.07) is 50.1. The van der Waals surface area contributed by atoms with Gasteiger partial charge >= 0.3 is 0 Å². The number of anilines is 6. The van der Waals surface area contributed by atoms with Gasteiger partial charge < -0.3 is 19.6 Å². The topological polar surface area (TPSA) is 38.7 Å². The Bertz CT molecular complexity index is 2230. The van der Waals surface area contributed by atoms with Gasteiger partial charge in [-0.3, -0.25) is 0 Å². The van der Waals surface area contributed by atoms with Crippen molar-refractivity contribution in [2.75, 3.05) is 19.6 Å². The molecule has 0 fully saturated rings. The van der Waals surface area contributed by atoms with Crippen LogP contribution in [0.1, 0.15) is 29.0 Å². The van der Waals surface area contributed by atoms with Gasteiger partial charge in [-0.15, -0.1) is 0 Å². The lowest BCUT2D eigenvalue weighted by Gasteiger charge is -2.53. The van der Waals surface area contributed by atoms with Gasteiger partial charge in [0.25, 0.3) is 0 Å². The van der Waals surface area contributed by atoms with Crippen LogP contribution < -0.4 is 19.6 Å². The number of aromatic nitrogens is 2. The van der Waals surface area contributed by atoms with E-state index in [0.717, 1.165) is 35.0 Å². The summed E-state index contributed by atoms with van der Waals surface area (Å²) in [7, 11) is 0. The maximum Gasteiger partial charge on any atom is 0.178 e. The summed E-state index contributed by atoms with van der Waals surface area (Å²) in [5, 5.41) is 0. The highest BCUT2D eigenvalue weighted by atomic mass is 15.5. The molecule has 5 heterocycles. The second-order valence-electron chi connectivity index (χ2n) is 13.2. The summed E-state index contributed by atoms with van der Waals surface area (Å²) in [5.74, 6) is 1.94. The summed E-state index contributed by atoms with van der Waals surface area (Å²) < 4.78 is 0. The molecule has 0 spiro atoms. The smallest absolute Gasteiger partial charge is 0.178 e. The van der Waals surface area contributed by atoms with Crippen LogP contribution in [0.25, 0.3) is 11.3 Å². The van der Waals surface area contributed by atoms with Crippen molar-refractivity contribution in [3.63, 3.8) is 0 Å². The summed E-state index contributed by atoms with van der Waals surface area (Å²) in [6.07, 6.45) is 6.62. The Morgan fingerprint density at radius 2 is 1.12 bits per heavy atom. The molecular weight excluding hydrogens is 601 g/mol. The van der Waals surface area contributed by atoms with Crippen LogP contribution in [0.2, 0.25) is 0 Å². The SMILES string of the molecule is C=C1CC2c3ccccc3N3c4nccnc4N(c4ccccc4)C3C2C2N(C=C(c3ccccc3)N2c2ccccc2)c2ccccc21. The van der Waals surface area contributed by atoms with E-state index in [1.165, 1.54) is 33.8 Å². The molecule has 0 bridgehead atoms. The Morgan fingerprint density at radius 1 is 0.551 bits per heavy atom. The Hall–Kier alpha value is -6.14. The van der Waals surface area contributed by atoms with Gasteiger partial charge in [0.1, 0.15) is 12.3 Å². The molecular formula is C43H34N6. The van der Waals surface area contributed by atoms with Crippen molar-refractivity contribution in [3.8, 4) is 0 Å². The number of allylic oxidation sites excluding steroid dienone is 1. The standard InChI is InChI=1S/C43H34N6/c1-29-27-35-34-22-12-14-24-37(34)49-41-40(44-25-26-45-41)48(32-19-9-4-10-20-32)43(49)39(35)42-46(36-23-13-11-21-33(29)36)28-38(30-15-5-2-6-16-30)47(42)31-17-7-3-8-18-31/h2-26,28,35,39,42-43H,1,27H2. The molecule has 0 saturated heterocycles. The van der Waals surface area contributed by atoms with E-state index >= 15 is 0 Å². The monoisotopic (exact) mass is 634 g/mol. The maximum absolute atomic E-state index is 5.04. The normalized spacial score (nSPS) is 21.8. The van der Waals surface area contributed by atoms with Crippen LogP contribution in [0.15, 0.2) is 165 Å². The zero-order chi connectivity index (χ0) is 32.5. The van der Waals surface area contributed by atoms with E-state index in [9.17, 15) is 0 Å². The third-order valence-electron chi connectivity index (χ3n) is 10.6. The minimum absolute atomic E-state index is 0.0360. The lowest BCUT2D eigenvalue weighted by Crippen LogP contribution is -2.60. The molecule has 0 N–H and O–H groups in total. The van der Waals surface area contributed by atoms with Crippen molar-refractivity contribution in [1.29, 1.82) is 0 Å². The predicted octanol–water partition coefficient (Wildman–Crippen LogP) is 9.57. The van der Waals surface area contributed by atoms with Gasteiger partial charge in [0.05, 0.1) is 11.4 Å². The first-order chi connectivity index (χ1) is 24.3. The third kappa shape index (κ3) is 4.13. The second kappa shape index (κ2) is 11.0. The fraction of sp³-hybridized carbons (Fsp3) is 0.116. The van der Waals surface area contributed by atoms with Crippen LogP contribution in [-0.2, 0) is 0 Å². The van der Waals surface area contributed by atoms with Crippen LogP contribution in [0.5, 0.6) is 0 Å². The number of hydrogen-bond acceptors (Lipinski definition) is 6. The molecule has 0 radical (unpaired) electrons. The first-order valence-electron chi connectivity index (χ1n) is 17.0. The molecule has 4 unspecified atom stereocenters. The summed E-state index contributed by atoms with van der Waals surface area (Å²) >= 11 is 0. The van der Waals surface area contributed by atoms with Crippen LogP contribution in [-0.4, -0.2) is 22.3 Å². The van der Waals surface area contributed by atoms with Gasteiger partial charge in [0.2, 0.25) is 0 Å². The van der Waals surface area contributed by atoms with Crippen LogP contribution in [0, 0.1) is 5.92 Å². The van der Waals surface area contributed by atoms with Crippen molar-refractivity contribution in [2.45, 2.75) is 24.7 Å². The van der Waals surface area contributed by atoms with E-state index in [1.54, 1.807) is 0 Å². The van der Waals surface area contributed by atoms with Gasteiger partial charge in [0.15, 0.2) is 11.6 Å². The Balaban J connectivity index is 1.29. The van der Waals surface area contributed by atoms with E-state index in [-0.39, 0.29) is 24.2 Å². The minimum Gasteiger partial charge on any atom is -0.324 e. The molecule has 5 aromatic carbocycles. The van der Waals surface area contributed by atoms with Crippen molar-refractivity contribution >= 4 is 45.7 Å². The summed E-state index contributed by atoms with van der Waals surface area (Å²) in [6.45, 7) is 4.78. The lowest BCUT2D eigenvalue weighted by molar-refractivity contribution is 0.289. The largest absolute Gasteiger partial charge is 0.324 e. The summed E-state index contributed by atoms with van der Waals surface area (Å²) in [5.41, 5.74) is 10.6. The van der Waals surface area contributed by atoms with Crippen molar-refractivity contribution in [2.24, 2.45) is 5.92 Å². The molecule has 236 valence electrons. The van der Waals surface area contributed by atoms with Crippen LogP contribution >= 0.6 is 0 Å². The molecule has 0 aliphatic carbocycles. The molecule has 6 heteroatoms. The van der Waals surface area contributed by atoms with Gasteiger partial charge in [-0.25, -0.2) is 9.97 Å². The quantitative estimate of drug-likeness (QED) is 0.193. The van der Waals surface area contributed by atoms with E-state index in [0.29, 0.717) is 0 Å². The molecule has 4 aliphatic rings. The molecule has 6 nitrogen and oxygen atoms in total. The second-order valence-corrected chi connectivity index (χ2v) is 13.2. The molecule has 6 aromatic rings. The van der Waals surface area contributed by atoms with E-state index in [4.69, 9.17) is 16.5 Å². The Morgan fingerprint density at radius 3 is 1.84 bits per heavy atom.